The van der Waals surface area contributed by atoms with E-state index >= 15 is 0 Å². The third-order valence-electron chi connectivity index (χ3n) is 3.54. The van der Waals surface area contributed by atoms with E-state index < -0.39 is 0 Å². The lowest BCUT2D eigenvalue weighted by molar-refractivity contribution is 0.546. The van der Waals surface area contributed by atoms with Gasteiger partial charge < -0.3 is 0 Å². The lowest BCUT2D eigenvalue weighted by Crippen LogP contribution is -2.30. The number of aryl methyl sites for hydroxylation is 2. The van der Waals surface area contributed by atoms with E-state index in [9.17, 15) is 0 Å². The third kappa shape index (κ3) is 2.99. The van der Waals surface area contributed by atoms with Crippen LogP contribution in [0.5, 0.6) is 0 Å². The summed E-state index contributed by atoms with van der Waals surface area (Å²) in [6, 6.07) is 5.62. The van der Waals surface area contributed by atoms with Crippen molar-refractivity contribution in [2.24, 2.45) is 12.9 Å². The minimum absolute atomic E-state index is 0.0130. The van der Waals surface area contributed by atoms with E-state index in [1.807, 2.05) is 37.7 Å². The van der Waals surface area contributed by atoms with Gasteiger partial charge >= 0.3 is 0 Å². The summed E-state index contributed by atoms with van der Waals surface area (Å²) in [5, 5.41) is 5.54. The van der Waals surface area contributed by atoms with E-state index in [0.717, 1.165) is 28.9 Å². The number of rotatable bonds is 4. The van der Waals surface area contributed by atoms with E-state index in [1.54, 1.807) is 6.07 Å². The van der Waals surface area contributed by atoms with Crippen molar-refractivity contribution in [3.63, 3.8) is 0 Å². The van der Waals surface area contributed by atoms with Crippen LogP contribution in [-0.2, 0) is 13.5 Å². The summed E-state index contributed by atoms with van der Waals surface area (Å²) >= 11 is 12.0. The van der Waals surface area contributed by atoms with Gasteiger partial charge in [-0.15, -0.1) is 0 Å². The summed E-state index contributed by atoms with van der Waals surface area (Å²) in [6.07, 6.45) is 0.723. The third-order valence-corrected chi connectivity index (χ3v) is 4.28. The number of halogens is 2. The molecule has 0 fully saturated rings. The Morgan fingerprint density at radius 3 is 2.50 bits per heavy atom. The Balaban J connectivity index is 2.31. The molecule has 20 heavy (non-hydrogen) atoms. The second kappa shape index (κ2) is 6.14. The number of aromatic nitrogens is 2. The van der Waals surface area contributed by atoms with E-state index in [1.165, 1.54) is 0 Å². The van der Waals surface area contributed by atoms with Gasteiger partial charge in [0.15, 0.2) is 0 Å². The van der Waals surface area contributed by atoms with Crippen LogP contribution in [0.2, 0.25) is 10.0 Å². The molecule has 0 saturated heterocycles. The van der Waals surface area contributed by atoms with Gasteiger partial charge in [0, 0.05) is 18.3 Å². The molecule has 0 aliphatic heterocycles. The molecule has 2 aromatic rings. The van der Waals surface area contributed by atoms with Crippen molar-refractivity contribution >= 4 is 23.2 Å². The van der Waals surface area contributed by atoms with E-state index in [4.69, 9.17) is 29.0 Å². The number of nitrogens with one attached hydrogen (secondary N) is 1. The van der Waals surface area contributed by atoms with Gasteiger partial charge in [-0.05, 0) is 38.0 Å². The highest BCUT2D eigenvalue weighted by Gasteiger charge is 2.19. The fourth-order valence-electron chi connectivity index (χ4n) is 2.44. The highest BCUT2D eigenvalue weighted by atomic mass is 35.5. The SMILES string of the molecule is Cc1nn(C)c(C)c1C(Cc1ccc(Cl)c(Cl)c1)NN. The van der Waals surface area contributed by atoms with Gasteiger partial charge in [0.1, 0.15) is 0 Å². The average molecular weight is 313 g/mol. The molecule has 0 spiro atoms. The Kier molecular flexibility index (Phi) is 4.70. The molecule has 108 valence electrons. The van der Waals surface area contributed by atoms with Crippen molar-refractivity contribution in [1.29, 1.82) is 0 Å². The summed E-state index contributed by atoms with van der Waals surface area (Å²) < 4.78 is 1.86. The Morgan fingerprint density at radius 1 is 1.30 bits per heavy atom. The summed E-state index contributed by atoms with van der Waals surface area (Å²) in [6.45, 7) is 4.02. The first-order chi connectivity index (χ1) is 9.43. The minimum atomic E-state index is -0.0130. The lowest BCUT2D eigenvalue weighted by Gasteiger charge is -2.17. The molecular weight excluding hydrogens is 295 g/mol. The van der Waals surface area contributed by atoms with E-state index in [-0.39, 0.29) is 6.04 Å². The van der Waals surface area contributed by atoms with Gasteiger partial charge in [-0.1, -0.05) is 29.3 Å². The topological polar surface area (TPSA) is 55.9 Å². The van der Waals surface area contributed by atoms with Gasteiger partial charge in [0.05, 0.1) is 21.8 Å². The molecule has 6 heteroatoms. The fraction of sp³-hybridized carbons (Fsp3) is 0.357. The molecule has 1 unspecified atom stereocenters. The van der Waals surface area contributed by atoms with Gasteiger partial charge in [0.25, 0.3) is 0 Å². The van der Waals surface area contributed by atoms with Crippen molar-refractivity contribution in [1.82, 2.24) is 15.2 Å². The van der Waals surface area contributed by atoms with Crippen molar-refractivity contribution in [3.05, 3.63) is 50.8 Å². The Labute approximate surface area is 128 Å². The molecule has 0 radical (unpaired) electrons. The maximum atomic E-state index is 6.05. The highest BCUT2D eigenvalue weighted by molar-refractivity contribution is 6.42. The Bertz CT molecular complexity index is 622. The summed E-state index contributed by atoms with van der Waals surface area (Å²) in [4.78, 5) is 0. The van der Waals surface area contributed by atoms with Crippen molar-refractivity contribution in [2.75, 3.05) is 0 Å². The molecule has 0 saturated carbocycles. The Hall–Kier alpha value is -1.07. The zero-order valence-electron chi connectivity index (χ0n) is 11.7. The van der Waals surface area contributed by atoms with Crippen LogP contribution in [0.25, 0.3) is 0 Å². The zero-order valence-corrected chi connectivity index (χ0v) is 13.3. The van der Waals surface area contributed by atoms with Gasteiger partial charge in [-0.25, -0.2) is 0 Å². The second-order valence-corrected chi connectivity index (χ2v) is 5.69. The molecule has 0 aliphatic carbocycles. The molecule has 1 aromatic carbocycles. The van der Waals surface area contributed by atoms with E-state index in [0.29, 0.717) is 10.0 Å². The molecule has 1 atom stereocenters. The maximum absolute atomic E-state index is 6.05. The van der Waals surface area contributed by atoms with Crippen LogP contribution in [0.3, 0.4) is 0 Å². The molecule has 3 N–H and O–H groups in total. The van der Waals surface area contributed by atoms with Crippen LogP contribution in [0.4, 0.5) is 0 Å². The van der Waals surface area contributed by atoms with Gasteiger partial charge in [-0.2, -0.15) is 5.10 Å². The van der Waals surface area contributed by atoms with Gasteiger partial charge in [0.2, 0.25) is 0 Å². The van der Waals surface area contributed by atoms with Crippen LogP contribution >= 0.6 is 23.2 Å². The van der Waals surface area contributed by atoms with Crippen LogP contribution in [-0.4, -0.2) is 9.78 Å². The van der Waals surface area contributed by atoms with Crippen LogP contribution in [0, 0.1) is 13.8 Å². The first-order valence-corrected chi connectivity index (χ1v) is 7.09. The molecular formula is C14H18Cl2N4. The first-order valence-electron chi connectivity index (χ1n) is 6.34. The molecule has 0 aliphatic rings. The monoisotopic (exact) mass is 312 g/mol. The normalized spacial score (nSPS) is 12.7. The lowest BCUT2D eigenvalue weighted by atomic mass is 9.98. The fourth-order valence-corrected chi connectivity index (χ4v) is 2.76. The largest absolute Gasteiger partial charge is 0.272 e. The smallest absolute Gasteiger partial charge is 0.0644 e. The standard InChI is InChI=1S/C14H18Cl2N4/c1-8-14(9(2)20(3)19-8)13(18-17)7-10-4-5-11(15)12(16)6-10/h4-6,13,18H,7,17H2,1-3H3. The Morgan fingerprint density at radius 2 is 2.00 bits per heavy atom. The molecule has 2 rings (SSSR count). The number of nitrogens with zero attached hydrogens (tertiary/aromatic N) is 2. The molecule has 0 amide bonds. The van der Waals surface area contributed by atoms with E-state index in [2.05, 4.69) is 10.5 Å². The van der Waals surface area contributed by atoms with Crippen molar-refractivity contribution in [2.45, 2.75) is 26.3 Å². The summed E-state index contributed by atoms with van der Waals surface area (Å²) in [5.41, 5.74) is 7.15. The minimum Gasteiger partial charge on any atom is -0.272 e. The maximum Gasteiger partial charge on any atom is 0.0644 e. The molecule has 0 bridgehead atoms. The second-order valence-electron chi connectivity index (χ2n) is 4.88. The van der Waals surface area contributed by atoms with Gasteiger partial charge in [-0.3, -0.25) is 16.0 Å². The number of benzene rings is 1. The molecule has 1 aromatic heterocycles. The van der Waals surface area contributed by atoms with Crippen molar-refractivity contribution < 1.29 is 0 Å². The van der Waals surface area contributed by atoms with Crippen molar-refractivity contribution in [3.8, 4) is 0 Å². The predicted octanol–water partition coefficient (Wildman–Crippen LogP) is 3.09. The number of hydrogen-bond acceptors (Lipinski definition) is 3. The molecule has 1 heterocycles. The summed E-state index contributed by atoms with van der Waals surface area (Å²) in [7, 11) is 1.93. The predicted molar refractivity (Wildman–Crippen MR) is 82.9 cm³/mol. The number of hydrazine groups is 1. The zero-order chi connectivity index (χ0) is 14.9. The summed E-state index contributed by atoms with van der Waals surface area (Å²) in [5.74, 6) is 5.72. The number of hydrogen-bond donors (Lipinski definition) is 2. The highest BCUT2D eigenvalue weighted by Crippen LogP contribution is 2.27. The number of nitrogens with two attached hydrogens (primary N) is 1. The average Bonchev–Trinajstić information content (AvgIpc) is 2.65. The first kappa shape index (κ1) is 15.3. The van der Waals surface area contributed by atoms with Crippen LogP contribution in [0.15, 0.2) is 18.2 Å². The quantitative estimate of drug-likeness (QED) is 0.674. The molecule has 4 nitrogen and oxygen atoms in total. The van der Waals surface area contributed by atoms with Crippen LogP contribution in [0.1, 0.15) is 28.6 Å². The van der Waals surface area contributed by atoms with Crippen LogP contribution < -0.4 is 11.3 Å².